The Hall–Kier alpha value is -1.53. The molecule has 1 aliphatic rings. The number of thioether (sulfide) groups is 1. The lowest BCUT2D eigenvalue weighted by Crippen LogP contribution is -2.49. The minimum absolute atomic E-state index is 0.0863. The molecule has 2 rings (SSSR count). The van der Waals surface area contributed by atoms with Gasteiger partial charge in [-0.05, 0) is 23.4 Å². The van der Waals surface area contributed by atoms with Crippen molar-refractivity contribution in [3.8, 4) is 0 Å². The molecule has 0 spiro atoms. The van der Waals surface area contributed by atoms with E-state index in [2.05, 4.69) is 6.92 Å². The molecule has 120 valence electrons. The van der Waals surface area contributed by atoms with Crippen molar-refractivity contribution < 1.29 is 19.4 Å². The van der Waals surface area contributed by atoms with E-state index in [9.17, 15) is 9.59 Å². The molecule has 0 radical (unpaired) electrons. The van der Waals surface area contributed by atoms with Gasteiger partial charge in [0.05, 0.1) is 25.7 Å². The topological polar surface area (TPSA) is 66.8 Å². The van der Waals surface area contributed by atoms with Crippen LogP contribution in [0, 0.1) is 0 Å². The second-order valence-electron chi connectivity index (χ2n) is 5.16. The van der Waals surface area contributed by atoms with Crippen molar-refractivity contribution >= 4 is 23.6 Å². The van der Waals surface area contributed by atoms with Gasteiger partial charge in [-0.25, -0.2) is 0 Å². The van der Waals surface area contributed by atoms with Crippen LogP contribution in [0.4, 0.5) is 0 Å². The van der Waals surface area contributed by atoms with Gasteiger partial charge >= 0.3 is 5.97 Å². The average molecular weight is 323 g/mol. The van der Waals surface area contributed by atoms with Crippen molar-refractivity contribution in [3.05, 3.63) is 35.4 Å². The number of carboxylic acid groups (broad SMARTS) is 1. The average Bonchev–Trinajstić information content (AvgIpc) is 2.53. The Balaban J connectivity index is 2.06. The Morgan fingerprint density at radius 2 is 2.09 bits per heavy atom. The minimum atomic E-state index is -0.916. The summed E-state index contributed by atoms with van der Waals surface area (Å²) in [5.41, 5.74) is 1.79. The van der Waals surface area contributed by atoms with E-state index in [1.807, 2.05) is 36.0 Å². The molecular formula is C16H21NO4S. The number of carbonyl (C=O) groups is 2. The van der Waals surface area contributed by atoms with Crippen LogP contribution in [0.3, 0.4) is 0 Å². The maximum Gasteiger partial charge on any atom is 0.305 e. The normalized spacial score (nSPS) is 18.2. The number of hydrogen-bond acceptors (Lipinski definition) is 4. The van der Waals surface area contributed by atoms with Gasteiger partial charge < -0.3 is 14.7 Å². The third kappa shape index (κ3) is 4.48. The molecule has 0 aliphatic carbocycles. The van der Waals surface area contributed by atoms with Crippen LogP contribution in [0.25, 0.3) is 0 Å². The summed E-state index contributed by atoms with van der Waals surface area (Å²) in [4.78, 5) is 25.1. The number of amides is 1. The molecule has 1 fully saturated rings. The number of aliphatic carboxylic acids is 1. The van der Waals surface area contributed by atoms with Gasteiger partial charge in [0, 0.05) is 17.9 Å². The van der Waals surface area contributed by atoms with E-state index in [1.54, 1.807) is 4.90 Å². The van der Waals surface area contributed by atoms with Gasteiger partial charge in [0.2, 0.25) is 0 Å². The summed E-state index contributed by atoms with van der Waals surface area (Å²) < 4.78 is 5.30. The molecule has 22 heavy (non-hydrogen) atoms. The summed E-state index contributed by atoms with van der Waals surface area (Å²) in [7, 11) is 0. The predicted octanol–water partition coefficient (Wildman–Crippen LogP) is 2.26. The molecule has 0 aromatic heterocycles. The van der Waals surface area contributed by atoms with Crippen molar-refractivity contribution in [1.82, 2.24) is 4.90 Å². The van der Waals surface area contributed by atoms with E-state index in [4.69, 9.17) is 9.84 Å². The standard InChI is InChI=1S/C16H21NO4S/c1-2-22-11-12-3-5-13(6-4-12)16(20)17-7-8-21-10-14(17)9-15(18)19/h3-6,14H,2,7-11H2,1H3,(H,18,19). The minimum Gasteiger partial charge on any atom is -0.481 e. The Bertz CT molecular complexity index is 517. The summed E-state index contributed by atoms with van der Waals surface area (Å²) in [5, 5.41) is 8.96. The van der Waals surface area contributed by atoms with Crippen LogP contribution in [0.15, 0.2) is 24.3 Å². The van der Waals surface area contributed by atoms with Gasteiger partial charge in [-0.1, -0.05) is 19.1 Å². The molecule has 1 atom stereocenters. The Morgan fingerprint density at radius 1 is 1.36 bits per heavy atom. The van der Waals surface area contributed by atoms with Crippen LogP contribution < -0.4 is 0 Å². The maximum absolute atomic E-state index is 12.6. The zero-order valence-corrected chi connectivity index (χ0v) is 13.5. The van der Waals surface area contributed by atoms with Crippen molar-refractivity contribution in [2.45, 2.75) is 25.1 Å². The SMILES string of the molecule is CCSCc1ccc(C(=O)N2CCOCC2CC(=O)O)cc1. The van der Waals surface area contributed by atoms with E-state index < -0.39 is 12.0 Å². The fourth-order valence-corrected chi connectivity index (χ4v) is 3.05. The molecule has 1 amide bonds. The van der Waals surface area contributed by atoms with E-state index in [0.29, 0.717) is 18.7 Å². The van der Waals surface area contributed by atoms with Gasteiger partial charge in [-0.15, -0.1) is 0 Å². The molecule has 1 N–H and O–H groups in total. The van der Waals surface area contributed by atoms with Crippen molar-refractivity contribution in [3.63, 3.8) is 0 Å². The van der Waals surface area contributed by atoms with Crippen LogP contribution in [0.5, 0.6) is 0 Å². The third-order valence-corrected chi connectivity index (χ3v) is 4.52. The first kappa shape index (κ1) is 16.8. The highest BCUT2D eigenvalue weighted by molar-refractivity contribution is 7.98. The summed E-state index contributed by atoms with van der Waals surface area (Å²) in [6.45, 7) is 3.28. The van der Waals surface area contributed by atoms with Gasteiger partial charge in [0.1, 0.15) is 0 Å². The summed E-state index contributed by atoms with van der Waals surface area (Å²) in [5.74, 6) is 0.958. The Morgan fingerprint density at radius 3 is 2.73 bits per heavy atom. The number of carboxylic acids is 1. The highest BCUT2D eigenvalue weighted by Gasteiger charge is 2.29. The van der Waals surface area contributed by atoms with E-state index in [1.165, 1.54) is 5.56 Å². The third-order valence-electron chi connectivity index (χ3n) is 3.57. The summed E-state index contributed by atoms with van der Waals surface area (Å²) in [6, 6.07) is 7.17. The predicted molar refractivity (Wildman–Crippen MR) is 86.2 cm³/mol. The second kappa shape index (κ2) is 8.19. The lowest BCUT2D eigenvalue weighted by molar-refractivity contribution is -0.139. The highest BCUT2D eigenvalue weighted by Crippen LogP contribution is 2.17. The molecule has 1 saturated heterocycles. The van der Waals surface area contributed by atoms with Crippen LogP contribution >= 0.6 is 11.8 Å². The van der Waals surface area contributed by atoms with Crippen LogP contribution in [-0.4, -0.2) is 53.4 Å². The Kier molecular flexibility index (Phi) is 6.27. The molecule has 6 heteroatoms. The van der Waals surface area contributed by atoms with Crippen molar-refractivity contribution in [2.24, 2.45) is 0 Å². The monoisotopic (exact) mass is 323 g/mol. The second-order valence-corrected chi connectivity index (χ2v) is 6.43. The van der Waals surface area contributed by atoms with Crippen molar-refractivity contribution in [1.29, 1.82) is 0 Å². The molecule has 1 heterocycles. The van der Waals surface area contributed by atoms with Crippen LogP contribution in [-0.2, 0) is 15.3 Å². The fourth-order valence-electron chi connectivity index (χ4n) is 2.42. The molecule has 1 aromatic rings. The number of hydrogen-bond donors (Lipinski definition) is 1. The smallest absolute Gasteiger partial charge is 0.305 e. The number of nitrogens with zero attached hydrogens (tertiary/aromatic N) is 1. The number of morpholine rings is 1. The molecule has 1 aliphatic heterocycles. The van der Waals surface area contributed by atoms with Gasteiger partial charge in [0.25, 0.3) is 5.91 Å². The molecule has 1 unspecified atom stereocenters. The first-order valence-electron chi connectivity index (χ1n) is 7.39. The molecule has 1 aromatic carbocycles. The quantitative estimate of drug-likeness (QED) is 0.870. The lowest BCUT2D eigenvalue weighted by atomic mass is 10.1. The van der Waals surface area contributed by atoms with E-state index in [-0.39, 0.29) is 18.9 Å². The first-order chi connectivity index (χ1) is 10.6. The van der Waals surface area contributed by atoms with E-state index in [0.717, 1.165) is 11.5 Å². The van der Waals surface area contributed by atoms with E-state index >= 15 is 0 Å². The first-order valence-corrected chi connectivity index (χ1v) is 8.54. The molecular weight excluding hydrogens is 302 g/mol. The number of rotatable bonds is 6. The highest BCUT2D eigenvalue weighted by atomic mass is 32.2. The Labute approximate surface area is 134 Å². The van der Waals surface area contributed by atoms with Gasteiger partial charge in [-0.3, -0.25) is 9.59 Å². The summed E-state index contributed by atoms with van der Waals surface area (Å²) in [6.07, 6.45) is -0.0863. The zero-order valence-electron chi connectivity index (χ0n) is 12.7. The molecule has 0 saturated carbocycles. The van der Waals surface area contributed by atoms with Crippen molar-refractivity contribution in [2.75, 3.05) is 25.5 Å². The fraction of sp³-hybridized carbons (Fsp3) is 0.500. The largest absolute Gasteiger partial charge is 0.481 e. The maximum atomic E-state index is 12.6. The molecule has 5 nitrogen and oxygen atoms in total. The summed E-state index contributed by atoms with van der Waals surface area (Å²) >= 11 is 1.83. The van der Waals surface area contributed by atoms with Crippen LogP contribution in [0.2, 0.25) is 0 Å². The lowest BCUT2D eigenvalue weighted by Gasteiger charge is -2.34. The number of ether oxygens (including phenoxy) is 1. The number of benzene rings is 1. The molecule has 0 bridgehead atoms. The van der Waals surface area contributed by atoms with Gasteiger partial charge in [0.15, 0.2) is 0 Å². The van der Waals surface area contributed by atoms with Crippen LogP contribution in [0.1, 0.15) is 29.3 Å². The number of carbonyl (C=O) groups excluding carboxylic acids is 1. The zero-order chi connectivity index (χ0) is 15.9. The van der Waals surface area contributed by atoms with Gasteiger partial charge in [-0.2, -0.15) is 11.8 Å².